The molecule has 0 saturated carbocycles. The number of carbonyl (C=O) groups is 2. The zero-order valence-corrected chi connectivity index (χ0v) is 18.3. The third-order valence-electron chi connectivity index (χ3n) is 4.72. The van der Waals surface area contributed by atoms with Crippen LogP contribution in [0.15, 0.2) is 66.7 Å². The molecule has 3 rings (SSSR count). The summed E-state index contributed by atoms with van der Waals surface area (Å²) >= 11 is 0. The average molecular weight is 449 g/mol. The fraction of sp³-hybridized carbons (Fsp3) is 0.167. The topological polar surface area (TPSA) is 120 Å². The largest absolute Gasteiger partial charge is 0.497 e. The highest BCUT2D eigenvalue weighted by Crippen LogP contribution is 2.35. The number of methoxy groups -OCH3 is 1. The van der Waals surface area contributed by atoms with Gasteiger partial charge in [-0.15, -0.1) is 0 Å². The lowest BCUT2D eigenvalue weighted by molar-refractivity contribution is -0.384. The van der Waals surface area contributed by atoms with Crippen LogP contribution in [-0.2, 0) is 9.59 Å². The smallest absolute Gasteiger partial charge is 0.270 e. The number of nitrogens with one attached hydrogen (secondary N) is 2. The van der Waals surface area contributed by atoms with E-state index in [1.165, 1.54) is 25.1 Å². The molecule has 0 saturated heterocycles. The second kappa shape index (κ2) is 10.3. The van der Waals surface area contributed by atoms with Crippen molar-refractivity contribution < 1.29 is 24.0 Å². The molecular formula is C24H23N3O6. The summed E-state index contributed by atoms with van der Waals surface area (Å²) in [6.07, 6.45) is -0.890. The van der Waals surface area contributed by atoms with Crippen molar-refractivity contribution in [3.63, 3.8) is 0 Å². The normalized spacial score (nSPS) is 11.2. The maximum Gasteiger partial charge on any atom is 0.270 e. The van der Waals surface area contributed by atoms with Crippen LogP contribution in [0, 0.1) is 10.1 Å². The molecule has 2 amide bonds. The first-order chi connectivity index (χ1) is 15.8. The quantitative estimate of drug-likeness (QED) is 0.382. The average Bonchev–Trinajstić information content (AvgIpc) is 2.80. The summed E-state index contributed by atoms with van der Waals surface area (Å²) in [7, 11) is 1.55. The number of hydrogen-bond acceptors (Lipinski definition) is 6. The number of benzene rings is 3. The molecule has 0 aliphatic carbocycles. The molecule has 0 bridgehead atoms. The van der Waals surface area contributed by atoms with Gasteiger partial charge in [-0.1, -0.05) is 12.1 Å². The molecule has 2 N–H and O–H groups in total. The highest BCUT2D eigenvalue weighted by Gasteiger charge is 2.20. The van der Waals surface area contributed by atoms with Gasteiger partial charge in [0.1, 0.15) is 11.5 Å². The van der Waals surface area contributed by atoms with Gasteiger partial charge in [-0.05, 0) is 55.0 Å². The van der Waals surface area contributed by atoms with E-state index in [1.54, 1.807) is 62.6 Å². The van der Waals surface area contributed by atoms with Gasteiger partial charge in [-0.3, -0.25) is 19.7 Å². The van der Waals surface area contributed by atoms with E-state index in [-0.39, 0.29) is 11.6 Å². The van der Waals surface area contributed by atoms with E-state index in [0.717, 1.165) is 0 Å². The number of ether oxygens (including phenoxy) is 2. The van der Waals surface area contributed by atoms with Crippen LogP contribution in [0.2, 0.25) is 0 Å². The highest BCUT2D eigenvalue weighted by atomic mass is 16.6. The summed E-state index contributed by atoms with van der Waals surface area (Å²) in [6, 6.07) is 17.8. The minimum absolute atomic E-state index is 0.0930. The summed E-state index contributed by atoms with van der Waals surface area (Å²) < 4.78 is 11.0. The SMILES string of the molecule is COc1ccc(-c2cc([N+](=O)[O-])ccc2O[C@H](C)C(=O)Nc2ccc(NC(C)=O)cc2)cc1. The van der Waals surface area contributed by atoms with Crippen LogP contribution < -0.4 is 20.1 Å². The van der Waals surface area contributed by atoms with Gasteiger partial charge in [0.25, 0.3) is 11.6 Å². The maximum absolute atomic E-state index is 12.7. The minimum Gasteiger partial charge on any atom is -0.497 e. The van der Waals surface area contributed by atoms with E-state index in [9.17, 15) is 19.7 Å². The molecule has 33 heavy (non-hydrogen) atoms. The van der Waals surface area contributed by atoms with E-state index < -0.39 is 16.9 Å². The van der Waals surface area contributed by atoms with Crippen LogP contribution in [0.1, 0.15) is 13.8 Å². The molecule has 3 aromatic carbocycles. The number of anilines is 2. The standard InChI is InChI=1S/C24H23N3O6/c1-15(24(29)26-19-8-6-18(7-9-19)25-16(2)28)33-23-13-10-20(27(30)31)14-22(23)17-4-11-21(32-3)12-5-17/h4-15H,1-3H3,(H,25,28)(H,26,29)/t15-/m1/s1. The maximum atomic E-state index is 12.7. The molecule has 170 valence electrons. The zero-order chi connectivity index (χ0) is 24.0. The Kier molecular flexibility index (Phi) is 7.24. The van der Waals surface area contributed by atoms with Gasteiger partial charge in [-0.25, -0.2) is 0 Å². The number of hydrogen-bond donors (Lipinski definition) is 2. The van der Waals surface area contributed by atoms with Gasteiger partial charge < -0.3 is 20.1 Å². The van der Waals surface area contributed by atoms with Crippen molar-refractivity contribution in [2.45, 2.75) is 20.0 Å². The first-order valence-electron chi connectivity index (χ1n) is 10.0. The summed E-state index contributed by atoms with van der Waals surface area (Å²) in [5.41, 5.74) is 2.20. The van der Waals surface area contributed by atoms with Gasteiger partial charge in [0, 0.05) is 36.0 Å². The van der Waals surface area contributed by atoms with Crippen LogP contribution in [0.4, 0.5) is 17.1 Å². The number of nitro benzene ring substituents is 1. The molecule has 9 nitrogen and oxygen atoms in total. The Morgan fingerprint density at radius 3 is 2.09 bits per heavy atom. The van der Waals surface area contributed by atoms with Gasteiger partial charge in [0.2, 0.25) is 5.91 Å². The lowest BCUT2D eigenvalue weighted by atomic mass is 10.0. The number of nitrogens with zero attached hydrogens (tertiary/aromatic N) is 1. The molecule has 0 aliphatic rings. The fourth-order valence-electron chi connectivity index (χ4n) is 3.06. The van der Waals surface area contributed by atoms with E-state index in [1.807, 2.05) is 0 Å². The van der Waals surface area contributed by atoms with Crippen LogP contribution in [-0.4, -0.2) is 30.0 Å². The van der Waals surface area contributed by atoms with E-state index >= 15 is 0 Å². The Balaban J connectivity index is 1.78. The summed E-state index contributed by atoms with van der Waals surface area (Å²) in [6.45, 7) is 2.99. The Morgan fingerprint density at radius 2 is 1.55 bits per heavy atom. The molecule has 0 spiro atoms. The molecule has 0 heterocycles. The van der Waals surface area contributed by atoms with Crippen molar-refractivity contribution in [3.8, 4) is 22.6 Å². The molecule has 3 aromatic rings. The van der Waals surface area contributed by atoms with Crippen molar-refractivity contribution >= 4 is 28.9 Å². The van der Waals surface area contributed by atoms with Crippen LogP contribution in [0.25, 0.3) is 11.1 Å². The molecular weight excluding hydrogens is 426 g/mol. The Hall–Kier alpha value is -4.40. The second-order valence-corrected chi connectivity index (χ2v) is 7.17. The van der Waals surface area contributed by atoms with Crippen molar-refractivity contribution in [3.05, 3.63) is 76.8 Å². The van der Waals surface area contributed by atoms with Crippen molar-refractivity contribution in [1.82, 2.24) is 0 Å². The molecule has 9 heteroatoms. The number of nitro groups is 1. The minimum atomic E-state index is -0.890. The highest BCUT2D eigenvalue weighted by molar-refractivity contribution is 5.95. The molecule has 0 aromatic heterocycles. The van der Waals surface area contributed by atoms with Crippen LogP contribution in [0.5, 0.6) is 11.5 Å². The zero-order valence-electron chi connectivity index (χ0n) is 18.3. The lowest BCUT2D eigenvalue weighted by Gasteiger charge is -2.18. The number of amides is 2. The lowest BCUT2D eigenvalue weighted by Crippen LogP contribution is -2.30. The van der Waals surface area contributed by atoms with Gasteiger partial charge in [-0.2, -0.15) is 0 Å². The molecule has 0 radical (unpaired) electrons. The third kappa shape index (κ3) is 6.07. The fourth-order valence-corrected chi connectivity index (χ4v) is 3.06. The first kappa shape index (κ1) is 23.3. The molecule has 1 atom stereocenters. The molecule has 0 fully saturated rings. The van der Waals surface area contributed by atoms with Crippen molar-refractivity contribution in [2.75, 3.05) is 17.7 Å². The Morgan fingerprint density at radius 1 is 0.939 bits per heavy atom. The van der Waals surface area contributed by atoms with Gasteiger partial charge >= 0.3 is 0 Å². The third-order valence-corrected chi connectivity index (χ3v) is 4.72. The number of carbonyl (C=O) groups excluding carboxylic acids is 2. The van der Waals surface area contributed by atoms with Crippen LogP contribution in [0.3, 0.4) is 0 Å². The predicted octanol–water partition coefficient (Wildman–Crippen LogP) is 4.63. The summed E-state index contributed by atoms with van der Waals surface area (Å²) in [5, 5.41) is 16.7. The summed E-state index contributed by atoms with van der Waals surface area (Å²) in [4.78, 5) is 34.6. The summed E-state index contributed by atoms with van der Waals surface area (Å²) in [5.74, 6) is 0.379. The van der Waals surface area contributed by atoms with Gasteiger partial charge in [0.05, 0.1) is 12.0 Å². The molecule has 0 aliphatic heterocycles. The second-order valence-electron chi connectivity index (χ2n) is 7.17. The monoisotopic (exact) mass is 449 g/mol. The van der Waals surface area contributed by atoms with E-state index in [0.29, 0.717) is 34.0 Å². The number of rotatable bonds is 8. The first-order valence-corrected chi connectivity index (χ1v) is 10.0. The van der Waals surface area contributed by atoms with Crippen LogP contribution >= 0.6 is 0 Å². The van der Waals surface area contributed by atoms with Gasteiger partial charge in [0.15, 0.2) is 6.10 Å². The predicted molar refractivity (Wildman–Crippen MR) is 125 cm³/mol. The Bertz CT molecular complexity index is 1160. The van der Waals surface area contributed by atoms with E-state index in [2.05, 4.69) is 10.6 Å². The van der Waals surface area contributed by atoms with Crippen molar-refractivity contribution in [2.24, 2.45) is 0 Å². The van der Waals surface area contributed by atoms with E-state index in [4.69, 9.17) is 9.47 Å². The molecule has 0 unspecified atom stereocenters. The van der Waals surface area contributed by atoms with Crippen molar-refractivity contribution in [1.29, 1.82) is 0 Å². The Labute approximate surface area is 190 Å². The number of non-ortho nitro benzene ring substituents is 1.